The zero-order valence-electron chi connectivity index (χ0n) is 21.3. The molecule has 0 bridgehead atoms. The first-order valence-electron chi connectivity index (χ1n) is 10.6. The zero-order valence-corrected chi connectivity index (χ0v) is 25.1. The summed E-state index contributed by atoms with van der Waals surface area (Å²) in [6, 6.07) is 8.90. The van der Waals surface area contributed by atoms with Crippen molar-refractivity contribution in [1.29, 1.82) is 0 Å². The van der Waals surface area contributed by atoms with E-state index >= 15 is 0 Å². The molecule has 220 valence electrons. The minimum absolute atomic E-state index is 0. The summed E-state index contributed by atoms with van der Waals surface area (Å²) in [6.45, 7) is 16.4. The molecule has 0 saturated heterocycles. The molecule has 0 amide bonds. The van der Waals surface area contributed by atoms with Gasteiger partial charge in [0, 0.05) is 23.8 Å². The van der Waals surface area contributed by atoms with Crippen LogP contribution >= 0.6 is 0 Å². The van der Waals surface area contributed by atoms with Crippen molar-refractivity contribution in [2.75, 3.05) is 9.80 Å². The maximum absolute atomic E-state index is 11.4. The number of sulfonamides is 2. The predicted molar refractivity (Wildman–Crippen MR) is 132 cm³/mol. The molecule has 0 saturated carbocycles. The Hall–Kier alpha value is -2.04. The van der Waals surface area contributed by atoms with E-state index in [0.717, 1.165) is 4.13 Å². The van der Waals surface area contributed by atoms with Crippen LogP contribution < -0.4 is 9.80 Å². The third-order valence-electron chi connectivity index (χ3n) is 5.11. The van der Waals surface area contributed by atoms with E-state index in [0.29, 0.717) is 0 Å². The van der Waals surface area contributed by atoms with E-state index in [-0.39, 0.29) is 22.4 Å². The van der Waals surface area contributed by atoms with Gasteiger partial charge >= 0.3 is 33.4 Å². The van der Waals surface area contributed by atoms with Crippen LogP contribution in [0.4, 0.5) is 37.7 Å². The van der Waals surface area contributed by atoms with E-state index < -0.39 is 31.1 Å². The van der Waals surface area contributed by atoms with Crippen LogP contribution in [-0.4, -0.2) is 27.9 Å². The summed E-state index contributed by atoms with van der Waals surface area (Å²) < 4.78 is 109. The van der Waals surface area contributed by atoms with Crippen molar-refractivity contribution >= 4 is 31.4 Å². The smallest absolute Gasteiger partial charge is 0.421 e. The van der Waals surface area contributed by atoms with Crippen LogP contribution in [0.5, 0.6) is 0 Å². The largest absolute Gasteiger partial charge is 1.00 e. The standard InChI is InChI=1S/C21H24N2.C2F6NO4S2.Au/c1-14-9-16(3)20(17(4)10-14)22-7-8-23(13-22)21-18(5)11-15(2)12-19(21)6;3-1(4,5)14(10,11)9-15(12,13)2(6,7)8;/h7-12H,1-6H3;;/q;-1;+1. The van der Waals surface area contributed by atoms with Gasteiger partial charge in [-0.1, -0.05) is 35.4 Å². The minimum Gasteiger partial charge on any atom is -0.421 e. The van der Waals surface area contributed by atoms with Crippen LogP contribution in [0.3, 0.4) is 0 Å². The number of anilines is 2. The number of rotatable bonds is 4. The Morgan fingerprint density at radius 1 is 0.615 bits per heavy atom. The summed E-state index contributed by atoms with van der Waals surface area (Å²) in [7, 11) is -13.4. The van der Waals surface area contributed by atoms with Crippen molar-refractivity contribution in [3.63, 3.8) is 0 Å². The minimum atomic E-state index is -6.72. The molecule has 2 aromatic carbocycles. The normalized spacial score (nSPS) is 14.2. The summed E-state index contributed by atoms with van der Waals surface area (Å²) >= 11 is 0. The maximum atomic E-state index is 11.4. The third-order valence-corrected chi connectivity index (χ3v) is 7.85. The van der Waals surface area contributed by atoms with Gasteiger partial charge in [-0.15, -0.1) is 0 Å². The predicted octanol–water partition coefficient (Wildman–Crippen LogP) is 6.39. The van der Waals surface area contributed by atoms with Crippen LogP contribution in [-0.2, 0) is 42.4 Å². The Morgan fingerprint density at radius 3 is 1.10 bits per heavy atom. The zero-order chi connectivity index (χ0) is 29.4. The fraction of sp³-hybridized carbons (Fsp3) is 0.348. The molecule has 0 spiro atoms. The summed E-state index contributed by atoms with van der Waals surface area (Å²) in [5.74, 6) is 0. The molecule has 2 aromatic rings. The van der Waals surface area contributed by atoms with Crippen LogP contribution in [0, 0.1) is 48.2 Å². The Balaban J connectivity index is 0.000000418. The van der Waals surface area contributed by atoms with Crippen molar-refractivity contribution in [1.82, 2.24) is 0 Å². The van der Waals surface area contributed by atoms with Crippen molar-refractivity contribution in [3.8, 4) is 0 Å². The quantitative estimate of drug-likeness (QED) is 0.264. The molecule has 0 fully saturated rings. The van der Waals surface area contributed by atoms with E-state index in [2.05, 4.69) is 94.7 Å². The van der Waals surface area contributed by atoms with Gasteiger partial charge in [0.25, 0.3) is 0 Å². The molecule has 0 N–H and O–H groups in total. The first-order chi connectivity index (χ1) is 17.1. The summed E-state index contributed by atoms with van der Waals surface area (Å²) in [6.07, 6.45) is 4.17. The average Bonchev–Trinajstić information content (AvgIpc) is 3.13. The van der Waals surface area contributed by atoms with Gasteiger partial charge < -0.3 is 13.9 Å². The molecule has 0 atom stereocenters. The summed E-state index contributed by atoms with van der Waals surface area (Å²) in [4.78, 5) is 4.20. The molecule has 0 unspecified atom stereocenters. The van der Waals surface area contributed by atoms with E-state index in [1.165, 1.54) is 44.8 Å². The molecule has 16 heteroatoms. The fourth-order valence-electron chi connectivity index (χ4n) is 3.88. The van der Waals surface area contributed by atoms with E-state index in [1.54, 1.807) is 0 Å². The van der Waals surface area contributed by atoms with Gasteiger partial charge in [-0.3, -0.25) is 0 Å². The van der Waals surface area contributed by atoms with Crippen LogP contribution in [0.2, 0.25) is 0 Å². The molecule has 3 rings (SSSR count). The summed E-state index contributed by atoms with van der Waals surface area (Å²) in [5.41, 5.74) is -2.26. The number of aryl methyl sites for hydroxylation is 6. The average molecular weight is 782 g/mol. The van der Waals surface area contributed by atoms with E-state index in [1.807, 2.05) is 0 Å². The first kappa shape index (κ1) is 35.0. The Kier molecular flexibility index (Phi) is 11.0. The Labute approximate surface area is 239 Å². The number of hydrogen-bond donors (Lipinski definition) is 0. The SMILES string of the molecule is Cc1cc(C)c(N2[C]N(c3c(C)cc(C)cc3C)C=C2)c(C)c1.O=S(=O)([N-]S(=O)(=O)C(F)(F)F)C(F)(F)F.[Au+]. The number of alkyl halides is 6. The molecule has 7 nitrogen and oxygen atoms in total. The van der Waals surface area contributed by atoms with Crippen molar-refractivity contribution in [2.45, 2.75) is 52.6 Å². The molecule has 2 radical (unpaired) electrons. The van der Waals surface area contributed by atoms with Crippen molar-refractivity contribution in [3.05, 3.63) is 80.8 Å². The van der Waals surface area contributed by atoms with Gasteiger partial charge in [-0.25, -0.2) is 16.8 Å². The molecule has 1 aliphatic heterocycles. The van der Waals surface area contributed by atoms with Crippen LogP contribution in [0.1, 0.15) is 33.4 Å². The van der Waals surface area contributed by atoms with Gasteiger partial charge in [-0.05, 0) is 63.8 Å². The Bertz CT molecular complexity index is 1300. The second-order valence-corrected chi connectivity index (χ2v) is 12.0. The number of benzene rings is 2. The summed E-state index contributed by atoms with van der Waals surface area (Å²) in [5, 5.41) is 0. The van der Waals surface area contributed by atoms with Gasteiger partial charge in [-0.2, -0.15) is 26.3 Å². The van der Waals surface area contributed by atoms with E-state index in [4.69, 9.17) is 0 Å². The fourth-order valence-corrected chi connectivity index (χ4v) is 5.59. The monoisotopic (exact) mass is 781 g/mol. The second-order valence-electron chi connectivity index (χ2n) is 8.55. The molecule has 1 heterocycles. The molecular weight excluding hydrogens is 757 g/mol. The van der Waals surface area contributed by atoms with Gasteiger partial charge in [0.2, 0.25) is 6.67 Å². The molecule has 0 aromatic heterocycles. The number of hydrogen-bond acceptors (Lipinski definition) is 6. The van der Waals surface area contributed by atoms with Gasteiger partial charge in [0.05, 0.1) is 0 Å². The topological polar surface area (TPSA) is 88.9 Å². The van der Waals surface area contributed by atoms with Crippen molar-refractivity contribution < 1.29 is 65.6 Å². The maximum Gasteiger partial charge on any atom is 1.00 e. The number of nitrogens with zero attached hydrogens (tertiary/aromatic N) is 3. The Morgan fingerprint density at radius 2 is 0.872 bits per heavy atom. The second kappa shape index (κ2) is 12.2. The molecule has 1 aliphatic rings. The van der Waals surface area contributed by atoms with Crippen LogP contribution in [0.25, 0.3) is 4.13 Å². The van der Waals surface area contributed by atoms with Gasteiger partial charge in [0.1, 0.15) is 0 Å². The third kappa shape index (κ3) is 8.24. The molecular formula is C23H24AuF6N3O4S2. The number of halogens is 6. The molecule has 39 heavy (non-hydrogen) atoms. The molecule has 0 aliphatic carbocycles. The van der Waals surface area contributed by atoms with E-state index in [9.17, 15) is 43.2 Å². The first-order valence-corrected chi connectivity index (χ1v) is 13.5. The van der Waals surface area contributed by atoms with Crippen LogP contribution in [0.15, 0.2) is 36.7 Å². The van der Waals surface area contributed by atoms with Crippen molar-refractivity contribution in [2.24, 2.45) is 0 Å². The van der Waals surface area contributed by atoms with Gasteiger partial charge in [0.15, 0.2) is 20.0 Å².